The van der Waals surface area contributed by atoms with Crippen LogP contribution < -0.4 is 15.8 Å². The summed E-state index contributed by atoms with van der Waals surface area (Å²) in [7, 11) is 0. The topological polar surface area (TPSA) is 73.9 Å². The van der Waals surface area contributed by atoms with E-state index in [0.717, 1.165) is 18.1 Å². The van der Waals surface area contributed by atoms with E-state index in [-0.39, 0.29) is 11.6 Å². The van der Waals surface area contributed by atoms with Gasteiger partial charge in [0.2, 0.25) is 0 Å². The van der Waals surface area contributed by atoms with E-state index >= 15 is 0 Å². The van der Waals surface area contributed by atoms with Crippen molar-refractivity contribution in [3.05, 3.63) is 69.8 Å². The molecular formula is C21H21F2N5O. The van der Waals surface area contributed by atoms with Crippen LogP contribution in [0.15, 0.2) is 41.3 Å². The van der Waals surface area contributed by atoms with Gasteiger partial charge in [-0.15, -0.1) is 0 Å². The molecule has 0 bridgehead atoms. The Hall–Kier alpha value is -3.29. The highest BCUT2D eigenvalue weighted by Gasteiger charge is 2.25. The maximum absolute atomic E-state index is 14.0. The summed E-state index contributed by atoms with van der Waals surface area (Å²) >= 11 is 0. The van der Waals surface area contributed by atoms with Crippen LogP contribution in [0.25, 0.3) is 11.4 Å². The Balaban J connectivity index is 1.44. The molecule has 1 saturated heterocycles. The number of nitrogens with one attached hydrogen (secondary N) is 2. The molecule has 2 aromatic heterocycles. The molecule has 1 fully saturated rings. The van der Waals surface area contributed by atoms with Gasteiger partial charge >= 0.3 is 0 Å². The number of aryl methyl sites for hydroxylation is 1. The van der Waals surface area contributed by atoms with E-state index in [1.807, 2.05) is 17.0 Å². The number of anilines is 2. The van der Waals surface area contributed by atoms with Gasteiger partial charge in [-0.05, 0) is 44.5 Å². The van der Waals surface area contributed by atoms with E-state index in [0.29, 0.717) is 41.7 Å². The molecular weight excluding hydrogens is 376 g/mol. The van der Waals surface area contributed by atoms with Crippen molar-refractivity contribution in [2.24, 2.45) is 0 Å². The molecule has 6 nitrogen and oxygen atoms in total. The first-order valence-electron chi connectivity index (χ1n) is 9.41. The second-order valence-electron chi connectivity index (χ2n) is 7.23. The average Bonchev–Trinajstić information content (AvgIpc) is 3.14. The lowest BCUT2D eigenvalue weighted by molar-refractivity contribution is 0.581. The molecule has 4 rings (SSSR count). The second kappa shape index (κ2) is 7.62. The first-order valence-corrected chi connectivity index (χ1v) is 9.41. The van der Waals surface area contributed by atoms with Crippen molar-refractivity contribution >= 4 is 11.5 Å². The van der Waals surface area contributed by atoms with Crippen LogP contribution in [0.4, 0.5) is 20.3 Å². The third-order valence-electron chi connectivity index (χ3n) is 5.22. The van der Waals surface area contributed by atoms with E-state index in [9.17, 15) is 13.6 Å². The summed E-state index contributed by atoms with van der Waals surface area (Å²) in [4.78, 5) is 25.4. The molecule has 0 amide bonds. The summed E-state index contributed by atoms with van der Waals surface area (Å²) in [5.74, 6) is 0.0364. The number of rotatable bonds is 4. The third-order valence-corrected chi connectivity index (χ3v) is 5.22. The van der Waals surface area contributed by atoms with E-state index in [4.69, 9.17) is 0 Å². The summed E-state index contributed by atoms with van der Waals surface area (Å²) in [6.45, 7) is 4.80. The molecule has 1 aliphatic heterocycles. The fraction of sp³-hybridized carbons (Fsp3) is 0.286. The van der Waals surface area contributed by atoms with Gasteiger partial charge in [-0.1, -0.05) is 0 Å². The number of nitrogens with zero attached hydrogens (tertiary/aromatic N) is 3. The van der Waals surface area contributed by atoms with Gasteiger partial charge in [0.1, 0.15) is 23.3 Å². The number of hydrogen-bond acceptors (Lipinski definition) is 5. The average molecular weight is 397 g/mol. The fourth-order valence-electron chi connectivity index (χ4n) is 3.44. The molecule has 2 N–H and O–H groups in total. The zero-order chi connectivity index (χ0) is 20.5. The van der Waals surface area contributed by atoms with Gasteiger partial charge in [0.15, 0.2) is 0 Å². The maximum atomic E-state index is 14.0. The van der Waals surface area contributed by atoms with Gasteiger partial charge in [0.05, 0.1) is 5.69 Å². The van der Waals surface area contributed by atoms with Crippen molar-refractivity contribution in [3.63, 3.8) is 0 Å². The fourth-order valence-corrected chi connectivity index (χ4v) is 3.44. The lowest BCUT2D eigenvalue weighted by atomic mass is 10.2. The number of aromatic amines is 1. The molecule has 0 radical (unpaired) electrons. The Bertz CT molecular complexity index is 1100. The van der Waals surface area contributed by atoms with Crippen LogP contribution in [0.3, 0.4) is 0 Å². The van der Waals surface area contributed by atoms with Crippen LogP contribution in [0.2, 0.25) is 0 Å². The summed E-state index contributed by atoms with van der Waals surface area (Å²) < 4.78 is 27.1. The highest BCUT2D eigenvalue weighted by molar-refractivity contribution is 5.56. The Kier molecular flexibility index (Phi) is 5.00. The van der Waals surface area contributed by atoms with Crippen molar-refractivity contribution in [2.75, 3.05) is 23.3 Å². The monoisotopic (exact) mass is 397 g/mol. The van der Waals surface area contributed by atoms with Crippen molar-refractivity contribution in [1.29, 1.82) is 0 Å². The van der Waals surface area contributed by atoms with E-state index < -0.39 is 11.6 Å². The minimum absolute atomic E-state index is 0.0948. The van der Waals surface area contributed by atoms with Crippen LogP contribution >= 0.6 is 0 Å². The summed E-state index contributed by atoms with van der Waals surface area (Å²) in [6, 6.07) is 7.40. The number of hydrogen-bond donors (Lipinski definition) is 2. The molecule has 8 heteroatoms. The molecule has 29 heavy (non-hydrogen) atoms. The number of H-pyrrole nitrogens is 1. The molecule has 1 atom stereocenters. The van der Waals surface area contributed by atoms with Crippen molar-refractivity contribution in [2.45, 2.75) is 26.3 Å². The predicted molar refractivity (Wildman–Crippen MR) is 108 cm³/mol. The van der Waals surface area contributed by atoms with Gasteiger partial charge in [0.25, 0.3) is 5.56 Å². The first-order chi connectivity index (χ1) is 13.9. The minimum Gasteiger partial charge on any atom is -0.367 e. The predicted octanol–water partition coefficient (Wildman–Crippen LogP) is 3.42. The molecule has 1 aromatic carbocycles. The van der Waals surface area contributed by atoms with Gasteiger partial charge < -0.3 is 15.2 Å². The lowest BCUT2D eigenvalue weighted by Gasteiger charge is -2.20. The molecule has 0 aliphatic carbocycles. The van der Waals surface area contributed by atoms with Crippen molar-refractivity contribution in [1.82, 2.24) is 15.0 Å². The molecule has 0 spiro atoms. The van der Waals surface area contributed by atoms with Crippen LogP contribution in [0.1, 0.15) is 17.7 Å². The molecule has 0 saturated carbocycles. The smallest absolute Gasteiger partial charge is 0.254 e. The Morgan fingerprint density at radius 3 is 2.72 bits per heavy atom. The molecule has 3 heterocycles. The largest absolute Gasteiger partial charge is 0.367 e. The minimum atomic E-state index is -0.580. The van der Waals surface area contributed by atoms with Crippen LogP contribution in [0, 0.1) is 25.5 Å². The zero-order valence-electron chi connectivity index (χ0n) is 16.2. The van der Waals surface area contributed by atoms with E-state index in [1.54, 1.807) is 20.0 Å². The van der Waals surface area contributed by atoms with E-state index in [1.165, 1.54) is 12.1 Å². The second-order valence-corrected chi connectivity index (χ2v) is 7.23. The number of halogens is 2. The van der Waals surface area contributed by atoms with Crippen LogP contribution in [-0.2, 0) is 0 Å². The van der Waals surface area contributed by atoms with Gasteiger partial charge in [-0.3, -0.25) is 4.79 Å². The van der Waals surface area contributed by atoms with Crippen molar-refractivity contribution < 1.29 is 8.78 Å². The maximum Gasteiger partial charge on any atom is 0.254 e. The molecule has 3 aromatic rings. The van der Waals surface area contributed by atoms with Gasteiger partial charge in [0, 0.05) is 48.2 Å². The summed E-state index contributed by atoms with van der Waals surface area (Å²) in [6.07, 6.45) is 2.47. The molecule has 1 unspecified atom stereocenters. The Labute approximate surface area is 166 Å². The van der Waals surface area contributed by atoms with Crippen molar-refractivity contribution in [3.8, 4) is 11.4 Å². The Morgan fingerprint density at radius 2 is 2.03 bits per heavy atom. The Morgan fingerprint density at radius 1 is 1.21 bits per heavy atom. The quantitative estimate of drug-likeness (QED) is 0.706. The van der Waals surface area contributed by atoms with Gasteiger partial charge in [-0.25, -0.2) is 18.7 Å². The number of aromatic nitrogens is 3. The number of benzene rings is 1. The standard InChI is InChI=1S/C21H21F2N5O/c1-12-13(2)25-20(27-21(12)29)14-3-6-19(24-10-14)26-16-7-8-28(11-16)18-5-4-15(22)9-17(18)23/h3-6,9-10,16H,7-8,11H2,1-2H3,(H,24,26)(H,25,27,29). The molecule has 1 aliphatic rings. The highest BCUT2D eigenvalue weighted by Crippen LogP contribution is 2.25. The SMILES string of the molecule is Cc1nc(-c2ccc(NC3CCN(c4ccc(F)cc4F)C3)nc2)[nH]c(=O)c1C. The summed E-state index contributed by atoms with van der Waals surface area (Å²) in [5.41, 5.74) is 2.25. The van der Waals surface area contributed by atoms with Crippen LogP contribution in [0.5, 0.6) is 0 Å². The number of pyridine rings is 1. The third kappa shape index (κ3) is 3.96. The first kappa shape index (κ1) is 19.0. The van der Waals surface area contributed by atoms with Gasteiger partial charge in [-0.2, -0.15) is 0 Å². The highest BCUT2D eigenvalue weighted by atomic mass is 19.1. The van der Waals surface area contributed by atoms with Crippen LogP contribution in [-0.4, -0.2) is 34.1 Å². The molecule has 150 valence electrons. The normalized spacial score (nSPS) is 16.3. The summed E-state index contributed by atoms with van der Waals surface area (Å²) in [5, 5.41) is 3.34. The van der Waals surface area contributed by atoms with E-state index in [2.05, 4.69) is 20.3 Å². The lowest BCUT2D eigenvalue weighted by Crippen LogP contribution is -2.26. The zero-order valence-corrected chi connectivity index (χ0v) is 16.2.